The number of nitrogens with one attached hydrogen (secondary N) is 1. The summed E-state index contributed by atoms with van der Waals surface area (Å²) in [6, 6.07) is 2.06. The molecule has 1 N–H and O–H groups in total. The normalized spacial score (nSPS) is 11.8. The number of halogens is 1. The van der Waals surface area contributed by atoms with E-state index < -0.39 is 0 Å². The Morgan fingerprint density at radius 3 is 2.71 bits per heavy atom. The van der Waals surface area contributed by atoms with E-state index in [0.29, 0.717) is 0 Å². The summed E-state index contributed by atoms with van der Waals surface area (Å²) in [5, 5.41) is 6.26. The van der Waals surface area contributed by atoms with Crippen molar-refractivity contribution in [1.82, 2.24) is 9.36 Å². The highest BCUT2D eigenvalue weighted by Gasteiger charge is 2.19. The molecule has 2 aromatic heterocycles. The molecule has 2 aromatic rings. The van der Waals surface area contributed by atoms with Crippen LogP contribution in [0.5, 0.6) is 0 Å². The molecule has 0 aromatic carbocycles. The van der Waals surface area contributed by atoms with Crippen molar-refractivity contribution in [3.8, 4) is 0 Å². The minimum atomic E-state index is 0.0138. The van der Waals surface area contributed by atoms with Gasteiger partial charge in [-0.25, -0.2) is 4.98 Å². The van der Waals surface area contributed by atoms with E-state index in [2.05, 4.69) is 62.8 Å². The molecular formula is C11H14BrN3S2. The number of aromatic nitrogens is 2. The van der Waals surface area contributed by atoms with E-state index in [-0.39, 0.29) is 5.41 Å². The number of hydrogen-bond acceptors (Lipinski definition) is 5. The molecule has 0 radical (unpaired) electrons. The lowest BCUT2D eigenvalue weighted by atomic mass is 9.96. The molecule has 0 aliphatic heterocycles. The minimum Gasteiger partial charge on any atom is -0.355 e. The second-order valence-electron chi connectivity index (χ2n) is 4.72. The molecule has 3 nitrogen and oxygen atoms in total. The zero-order chi connectivity index (χ0) is 12.5. The average molecular weight is 332 g/mol. The summed E-state index contributed by atoms with van der Waals surface area (Å²) in [5.74, 6) is 0.898. The first-order valence-electron chi connectivity index (χ1n) is 5.27. The molecular weight excluding hydrogens is 318 g/mol. The Hall–Kier alpha value is -0.460. The lowest BCUT2D eigenvalue weighted by molar-refractivity contribution is 0.555. The van der Waals surface area contributed by atoms with Crippen LogP contribution in [-0.2, 0) is 12.0 Å². The van der Waals surface area contributed by atoms with Gasteiger partial charge in [-0.15, -0.1) is 11.3 Å². The molecule has 2 heterocycles. The van der Waals surface area contributed by atoms with Gasteiger partial charge in [0, 0.05) is 26.3 Å². The van der Waals surface area contributed by atoms with Gasteiger partial charge >= 0.3 is 0 Å². The molecule has 92 valence electrons. The minimum absolute atomic E-state index is 0.0138. The summed E-state index contributed by atoms with van der Waals surface area (Å²) in [6.45, 7) is 7.15. The van der Waals surface area contributed by atoms with Crippen LogP contribution in [0.2, 0.25) is 0 Å². The maximum atomic E-state index is 4.50. The fourth-order valence-corrected chi connectivity index (χ4v) is 3.39. The Morgan fingerprint density at radius 1 is 1.41 bits per heavy atom. The average Bonchev–Trinajstić information content (AvgIpc) is 2.82. The Bertz CT molecular complexity index is 499. The maximum absolute atomic E-state index is 4.50. The van der Waals surface area contributed by atoms with Gasteiger partial charge in [0.25, 0.3) is 0 Å². The molecule has 0 amide bonds. The molecule has 17 heavy (non-hydrogen) atoms. The summed E-state index contributed by atoms with van der Waals surface area (Å²) in [7, 11) is 0. The van der Waals surface area contributed by atoms with Crippen molar-refractivity contribution in [1.29, 1.82) is 0 Å². The van der Waals surface area contributed by atoms with E-state index in [4.69, 9.17) is 0 Å². The predicted octanol–water partition coefficient (Wildman–Crippen LogP) is 4.27. The van der Waals surface area contributed by atoms with Gasteiger partial charge in [0.15, 0.2) is 0 Å². The van der Waals surface area contributed by atoms with Crippen LogP contribution in [0.1, 0.15) is 31.5 Å². The Morgan fingerprint density at radius 2 is 2.18 bits per heavy atom. The van der Waals surface area contributed by atoms with Crippen molar-refractivity contribution in [3.63, 3.8) is 0 Å². The van der Waals surface area contributed by atoms with Crippen molar-refractivity contribution in [2.75, 3.05) is 5.32 Å². The monoisotopic (exact) mass is 331 g/mol. The number of thiophene rings is 1. The molecule has 0 bridgehead atoms. The van der Waals surface area contributed by atoms with Gasteiger partial charge in [-0.3, -0.25) is 0 Å². The van der Waals surface area contributed by atoms with Crippen LogP contribution in [0.4, 0.5) is 5.13 Å². The van der Waals surface area contributed by atoms with Gasteiger partial charge in [0.2, 0.25) is 5.13 Å². The topological polar surface area (TPSA) is 37.8 Å². The Kier molecular flexibility index (Phi) is 3.85. The first kappa shape index (κ1) is 13.0. The van der Waals surface area contributed by atoms with Gasteiger partial charge < -0.3 is 5.32 Å². The summed E-state index contributed by atoms with van der Waals surface area (Å²) in [5.41, 5.74) is 0.0138. The first-order chi connectivity index (χ1) is 7.97. The molecule has 0 saturated carbocycles. The first-order valence-corrected chi connectivity index (χ1v) is 7.71. The third-order valence-electron chi connectivity index (χ3n) is 2.19. The maximum Gasteiger partial charge on any atom is 0.202 e. The van der Waals surface area contributed by atoms with E-state index in [9.17, 15) is 0 Å². The van der Waals surface area contributed by atoms with Crippen molar-refractivity contribution < 1.29 is 0 Å². The molecule has 0 atom stereocenters. The fraction of sp³-hybridized carbons (Fsp3) is 0.455. The van der Waals surface area contributed by atoms with Gasteiger partial charge in [0.1, 0.15) is 5.82 Å². The standard InChI is InChI=1S/C11H14BrN3S2/c1-11(2,3)9-14-10(17-15-9)13-6-8-7(12)4-5-16-8/h4-5H,6H2,1-3H3,(H,13,14,15). The third-order valence-corrected chi connectivity index (χ3v) is 4.79. The largest absolute Gasteiger partial charge is 0.355 e. The molecule has 0 unspecified atom stereocenters. The lowest BCUT2D eigenvalue weighted by Crippen LogP contribution is -2.13. The van der Waals surface area contributed by atoms with Crippen LogP contribution in [-0.4, -0.2) is 9.36 Å². The van der Waals surface area contributed by atoms with E-state index in [1.807, 2.05) is 0 Å². The van der Waals surface area contributed by atoms with Gasteiger partial charge in [-0.2, -0.15) is 4.37 Å². The second-order valence-corrected chi connectivity index (χ2v) is 7.33. The fourth-order valence-electron chi connectivity index (χ4n) is 1.21. The van der Waals surface area contributed by atoms with Crippen molar-refractivity contribution in [3.05, 3.63) is 26.6 Å². The molecule has 0 saturated heterocycles. The smallest absolute Gasteiger partial charge is 0.202 e. The molecule has 0 aliphatic carbocycles. The predicted molar refractivity (Wildman–Crippen MR) is 78.0 cm³/mol. The zero-order valence-electron chi connectivity index (χ0n) is 9.95. The molecule has 0 aliphatic rings. The number of anilines is 1. The van der Waals surface area contributed by atoms with Crippen molar-refractivity contribution >= 4 is 43.9 Å². The van der Waals surface area contributed by atoms with Crippen LogP contribution < -0.4 is 5.32 Å². The highest BCUT2D eigenvalue weighted by Crippen LogP contribution is 2.26. The quantitative estimate of drug-likeness (QED) is 0.912. The molecule has 6 heteroatoms. The van der Waals surface area contributed by atoms with E-state index in [0.717, 1.165) is 22.0 Å². The van der Waals surface area contributed by atoms with Crippen molar-refractivity contribution in [2.45, 2.75) is 32.7 Å². The van der Waals surface area contributed by atoms with E-state index in [1.165, 1.54) is 16.4 Å². The summed E-state index contributed by atoms with van der Waals surface area (Å²) in [4.78, 5) is 5.77. The Balaban J connectivity index is 2.01. The van der Waals surface area contributed by atoms with Gasteiger partial charge in [-0.05, 0) is 27.4 Å². The summed E-state index contributed by atoms with van der Waals surface area (Å²) in [6.07, 6.45) is 0. The van der Waals surface area contributed by atoms with Gasteiger partial charge in [0.05, 0.1) is 6.54 Å². The lowest BCUT2D eigenvalue weighted by Gasteiger charge is -2.12. The highest BCUT2D eigenvalue weighted by molar-refractivity contribution is 9.10. The third kappa shape index (κ3) is 3.26. The van der Waals surface area contributed by atoms with E-state index in [1.54, 1.807) is 11.3 Å². The summed E-state index contributed by atoms with van der Waals surface area (Å²) >= 11 is 6.66. The summed E-state index contributed by atoms with van der Waals surface area (Å²) < 4.78 is 5.52. The van der Waals surface area contributed by atoms with E-state index >= 15 is 0 Å². The van der Waals surface area contributed by atoms with Crippen LogP contribution >= 0.6 is 38.8 Å². The SMILES string of the molecule is CC(C)(C)c1nsc(NCc2sccc2Br)n1. The second kappa shape index (κ2) is 5.04. The van der Waals surface area contributed by atoms with Crippen LogP contribution in [0.3, 0.4) is 0 Å². The zero-order valence-corrected chi connectivity index (χ0v) is 13.2. The molecule has 0 spiro atoms. The Labute approximate surface area is 118 Å². The molecule has 2 rings (SSSR count). The number of nitrogens with zero attached hydrogens (tertiary/aromatic N) is 2. The van der Waals surface area contributed by atoms with Crippen molar-refractivity contribution in [2.24, 2.45) is 0 Å². The number of hydrogen-bond donors (Lipinski definition) is 1. The van der Waals surface area contributed by atoms with Crippen LogP contribution in [0, 0.1) is 0 Å². The number of rotatable bonds is 3. The van der Waals surface area contributed by atoms with Crippen LogP contribution in [0.25, 0.3) is 0 Å². The van der Waals surface area contributed by atoms with Crippen LogP contribution in [0.15, 0.2) is 15.9 Å². The van der Waals surface area contributed by atoms with Gasteiger partial charge in [-0.1, -0.05) is 20.8 Å². The molecule has 0 fully saturated rings. The highest BCUT2D eigenvalue weighted by atomic mass is 79.9.